The molecule has 0 saturated carbocycles. The van der Waals surface area contributed by atoms with Crippen LogP contribution in [-0.2, 0) is 29.0 Å². The summed E-state index contributed by atoms with van der Waals surface area (Å²) in [5.74, 6) is -2.86. The van der Waals surface area contributed by atoms with E-state index in [4.69, 9.17) is 20.7 Å². The number of carbonyl (C=O) groups is 4. The summed E-state index contributed by atoms with van der Waals surface area (Å²) >= 11 is 0. The molecule has 0 aliphatic rings. The summed E-state index contributed by atoms with van der Waals surface area (Å²) in [7, 11) is 0. The van der Waals surface area contributed by atoms with Gasteiger partial charge < -0.3 is 20.4 Å². The minimum absolute atomic E-state index is 0.0599. The summed E-state index contributed by atoms with van der Waals surface area (Å²) in [4.78, 5) is 51.7. The average Bonchev–Trinajstić information content (AvgIpc) is 3.22. The van der Waals surface area contributed by atoms with E-state index in [-0.39, 0.29) is 31.8 Å². The van der Waals surface area contributed by atoms with E-state index in [1.54, 1.807) is 6.92 Å². The molecular formula is C49H96O12. The van der Waals surface area contributed by atoms with Gasteiger partial charge in [-0.1, -0.05) is 214 Å². The molecule has 2 unspecified atom stereocenters. The predicted molar refractivity (Wildman–Crippen MR) is 246 cm³/mol. The van der Waals surface area contributed by atoms with Crippen molar-refractivity contribution in [2.24, 2.45) is 17.3 Å². The Hall–Kier alpha value is -2.28. The van der Waals surface area contributed by atoms with Crippen molar-refractivity contribution in [1.82, 2.24) is 0 Å². The summed E-state index contributed by atoms with van der Waals surface area (Å²) in [5, 5.41) is 52.2. The smallest absolute Gasteiger partial charge is 0.321 e. The molecule has 6 N–H and O–H groups in total. The Labute approximate surface area is 372 Å². The van der Waals surface area contributed by atoms with Gasteiger partial charge in [0.05, 0.1) is 13.2 Å². The number of hydrogen-bond donors (Lipinski definition) is 6. The van der Waals surface area contributed by atoms with E-state index < -0.39 is 29.3 Å². The van der Waals surface area contributed by atoms with E-state index in [0.717, 1.165) is 63.7 Å². The molecule has 0 aliphatic heterocycles. The minimum atomic E-state index is -1.57. The standard InChI is InChI=1S/C24H48O4.C19H36O4.C6H12O4/c1-2-3-4-5-8-13-18-23(20-15-11-12-17-22-28-27)19-14-9-6-7-10-16-21-24(25)26;1-3-5-7-9-10-11-12-14-16-19(17(20)21,18(22)23)15-13-8-6-4-2;1-5(2-3-10-9)4-6(7)8/h23,27H,2-22H2,1H3,(H,25,26);3-16H2,1-2H3,(H,20,21)(H,22,23);5,9H,2-4H2,1H3,(H,7,8). The number of rotatable bonds is 44. The topological polar surface area (TPSA) is 208 Å². The van der Waals surface area contributed by atoms with Crippen LogP contribution in [0.2, 0.25) is 0 Å². The molecule has 0 aliphatic carbocycles. The second-order valence-electron chi connectivity index (χ2n) is 17.6. The van der Waals surface area contributed by atoms with Gasteiger partial charge in [-0.25, -0.2) is 9.78 Å². The Bertz CT molecular complexity index is 945. The second-order valence-corrected chi connectivity index (χ2v) is 17.6. The highest BCUT2D eigenvalue weighted by atomic mass is 17.1. The van der Waals surface area contributed by atoms with Crippen molar-refractivity contribution in [2.45, 2.75) is 259 Å². The first-order valence-electron chi connectivity index (χ1n) is 24.8. The van der Waals surface area contributed by atoms with Crippen molar-refractivity contribution in [1.29, 1.82) is 0 Å². The molecule has 12 nitrogen and oxygen atoms in total. The maximum atomic E-state index is 11.6. The Kier molecular flexibility index (Phi) is 50.4. The first-order valence-corrected chi connectivity index (χ1v) is 24.8. The zero-order valence-electron chi connectivity index (χ0n) is 39.7. The van der Waals surface area contributed by atoms with Crippen molar-refractivity contribution in [3.8, 4) is 0 Å². The Morgan fingerprint density at radius 2 is 0.770 bits per heavy atom. The van der Waals surface area contributed by atoms with Crippen LogP contribution in [0.25, 0.3) is 0 Å². The summed E-state index contributed by atoms with van der Waals surface area (Å²) in [5.41, 5.74) is -1.57. The van der Waals surface area contributed by atoms with Gasteiger partial charge in [-0.15, -0.1) is 0 Å². The third-order valence-corrected chi connectivity index (χ3v) is 11.8. The average molecular weight is 877 g/mol. The Morgan fingerprint density at radius 3 is 1.13 bits per heavy atom. The van der Waals surface area contributed by atoms with Crippen molar-refractivity contribution in [3.63, 3.8) is 0 Å². The van der Waals surface area contributed by atoms with Gasteiger partial charge >= 0.3 is 23.9 Å². The summed E-state index contributed by atoms with van der Waals surface area (Å²) in [6, 6.07) is 0. The fraction of sp³-hybridized carbons (Fsp3) is 0.918. The van der Waals surface area contributed by atoms with Gasteiger partial charge in [-0.05, 0) is 43.9 Å². The summed E-state index contributed by atoms with van der Waals surface area (Å²) in [6.07, 6.45) is 38.2. The lowest BCUT2D eigenvalue weighted by molar-refractivity contribution is -0.244. The van der Waals surface area contributed by atoms with Crippen molar-refractivity contribution >= 4 is 23.9 Å². The third-order valence-electron chi connectivity index (χ3n) is 11.8. The fourth-order valence-electron chi connectivity index (χ4n) is 7.73. The molecule has 0 bridgehead atoms. The molecule has 12 heteroatoms. The van der Waals surface area contributed by atoms with Crippen LogP contribution in [0.15, 0.2) is 0 Å². The van der Waals surface area contributed by atoms with E-state index in [0.29, 0.717) is 32.3 Å². The molecule has 0 spiro atoms. The quantitative estimate of drug-likeness (QED) is 0.0146. The number of hydrogen-bond acceptors (Lipinski definition) is 8. The van der Waals surface area contributed by atoms with E-state index >= 15 is 0 Å². The maximum absolute atomic E-state index is 11.6. The predicted octanol–water partition coefficient (Wildman–Crippen LogP) is 14.6. The minimum Gasteiger partial charge on any atom is -0.481 e. The molecule has 0 aromatic rings. The van der Waals surface area contributed by atoms with Gasteiger partial charge in [-0.3, -0.25) is 29.7 Å². The Morgan fingerprint density at radius 1 is 0.426 bits per heavy atom. The lowest BCUT2D eigenvalue weighted by Gasteiger charge is -2.25. The molecule has 0 heterocycles. The largest absolute Gasteiger partial charge is 0.481 e. The van der Waals surface area contributed by atoms with Crippen LogP contribution in [0, 0.1) is 17.3 Å². The lowest BCUT2D eigenvalue weighted by atomic mass is 9.78. The van der Waals surface area contributed by atoms with E-state index in [1.807, 2.05) is 0 Å². The zero-order chi connectivity index (χ0) is 46.2. The zero-order valence-corrected chi connectivity index (χ0v) is 39.7. The van der Waals surface area contributed by atoms with Crippen LogP contribution in [0.1, 0.15) is 259 Å². The monoisotopic (exact) mass is 877 g/mol. The number of carboxylic acids is 4. The maximum Gasteiger partial charge on any atom is 0.321 e. The van der Waals surface area contributed by atoms with Gasteiger partial charge in [0.15, 0.2) is 5.41 Å². The SMILES string of the molecule is CC(CCOO)CC(=O)O.CCCCCCCCC(CCCCCCCCC(=O)O)CCCCCCOO.CCCCCCCCCCC(CCCCCC)(C(=O)O)C(=O)O. The molecule has 364 valence electrons. The Balaban J connectivity index is -0.000000913. The van der Waals surface area contributed by atoms with E-state index in [9.17, 15) is 29.4 Å². The van der Waals surface area contributed by atoms with Gasteiger partial charge in [0, 0.05) is 12.8 Å². The van der Waals surface area contributed by atoms with Crippen LogP contribution in [0.3, 0.4) is 0 Å². The fourth-order valence-corrected chi connectivity index (χ4v) is 7.73. The van der Waals surface area contributed by atoms with Gasteiger partial charge in [0.2, 0.25) is 0 Å². The second kappa shape index (κ2) is 48.7. The van der Waals surface area contributed by atoms with Crippen molar-refractivity contribution in [3.05, 3.63) is 0 Å². The third kappa shape index (κ3) is 45.6. The molecule has 2 atom stereocenters. The molecule has 0 saturated heterocycles. The molecule has 0 amide bonds. The molecule has 0 rings (SSSR count). The highest BCUT2D eigenvalue weighted by Gasteiger charge is 2.45. The molecular weight excluding hydrogens is 781 g/mol. The van der Waals surface area contributed by atoms with Gasteiger partial charge in [0.1, 0.15) is 0 Å². The lowest BCUT2D eigenvalue weighted by Crippen LogP contribution is -2.39. The highest BCUT2D eigenvalue weighted by molar-refractivity contribution is 5.98. The van der Waals surface area contributed by atoms with Crippen molar-refractivity contribution in [2.75, 3.05) is 13.2 Å². The van der Waals surface area contributed by atoms with Crippen molar-refractivity contribution < 1.29 is 59.9 Å². The molecule has 0 fully saturated rings. The van der Waals surface area contributed by atoms with E-state index in [1.165, 1.54) is 128 Å². The molecule has 0 aromatic carbocycles. The first kappa shape index (κ1) is 63.0. The van der Waals surface area contributed by atoms with Crippen LogP contribution < -0.4 is 0 Å². The number of aliphatic carboxylic acids is 4. The number of carboxylic acid groups (broad SMARTS) is 4. The van der Waals surface area contributed by atoms with Crippen LogP contribution in [0.4, 0.5) is 0 Å². The first-order chi connectivity index (χ1) is 29.4. The van der Waals surface area contributed by atoms with Crippen LogP contribution >= 0.6 is 0 Å². The molecule has 0 radical (unpaired) electrons. The van der Waals surface area contributed by atoms with Crippen LogP contribution in [0.5, 0.6) is 0 Å². The normalized spacial score (nSPS) is 12.2. The van der Waals surface area contributed by atoms with Crippen LogP contribution in [-0.4, -0.2) is 68.0 Å². The highest BCUT2D eigenvalue weighted by Crippen LogP contribution is 2.33. The summed E-state index contributed by atoms with van der Waals surface area (Å²) in [6.45, 7) is 9.02. The number of unbranched alkanes of at least 4 members (excludes halogenated alkanes) is 23. The van der Waals surface area contributed by atoms with Gasteiger partial charge in [0.25, 0.3) is 0 Å². The van der Waals surface area contributed by atoms with E-state index in [2.05, 4.69) is 30.5 Å². The summed E-state index contributed by atoms with van der Waals surface area (Å²) < 4.78 is 0. The van der Waals surface area contributed by atoms with Gasteiger partial charge in [-0.2, -0.15) is 0 Å². The molecule has 61 heavy (non-hydrogen) atoms. The molecule has 0 aromatic heterocycles.